The highest BCUT2D eigenvalue weighted by molar-refractivity contribution is 7.89. The third-order valence-electron chi connectivity index (χ3n) is 4.68. The fourth-order valence-electron chi connectivity index (χ4n) is 3.23. The van der Waals surface area contributed by atoms with Gasteiger partial charge in [-0.25, -0.2) is 13.6 Å². The first-order valence-corrected chi connectivity index (χ1v) is 11.3. The van der Waals surface area contributed by atoms with Gasteiger partial charge in [0.25, 0.3) is 0 Å². The number of anilines is 1. The Kier molecular flexibility index (Phi) is 6.59. The zero-order valence-electron chi connectivity index (χ0n) is 17.0. The van der Waals surface area contributed by atoms with Gasteiger partial charge in [-0.3, -0.25) is 9.59 Å². The Morgan fingerprint density at radius 1 is 1.00 bits per heavy atom. The van der Waals surface area contributed by atoms with Crippen molar-refractivity contribution in [2.75, 3.05) is 5.32 Å². The predicted octanol–water partition coefficient (Wildman–Crippen LogP) is 4.02. The third kappa shape index (κ3) is 5.58. The molecule has 160 valence electrons. The van der Waals surface area contributed by atoms with Gasteiger partial charge in [-0.05, 0) is 67.4 Å². The molecule has 0 spiro atoms. The van der Waals surface area contributed by atoms with Gasteiger partial charge in [0.05, 0.1) is 16.3 Å². The van der Waals surface area contributed by atoms with E-state index in [1.54, 1.807) is 43.3 Å². The molecule has 0 saturated carbocycles. The number of hydrogen-bond donors (Lipinski definition) is 2. The van der Waals surface area contributed by atoms with Crippen molar-refractivity contribution >= 4 is 39.0 Å². The van der Waals surface area contributed by atoms with E-state index >= 15 is 0 Å². The monoisotopic (exact) mass is 456 g/mol. The first-order chi connectivity index (χ1) is 14.5. The van der Waals surface area contributed by atoms with Crippen molar-refractivity contribution in [2.45, 2.75) is 25.2 Å². The van der Waals surface area contributed by atoms with E-state index in [2.05, 4.69) is 5.32 Å². The molecule has 1 amide bonds. The van der Waals surface area contributed by atoms with Crippen molar-refractivity contribution in [1.29, 1.82) is 0 Å². The Bertz CT molecular complexity index is 1290. The van der Waals surface area contributed by atoms with Crippen LogP contribution in [-0.4, -0.2) is 20.1 Å². The third-order valence-corrected chi connectivity index (χ3v) is 5.92. The van der Waals surface area contributed by atoms with E-state index < -0.39 is 10.0 Å². The van der Waals surface area contributed by atoms with Gasteiger partial charge >= 0.3 is 0 Å². The summed E-state index contributed by atoms with van der Waals surface area (Å²) in [6.45, 7) is 3.53. The number of sulfonamides is 1. The van der Waals surface area contributed by atoms with Crippen LogP contribution in [0.5, 0.6) is 0 Å². The molecule has 0 saturated heterocycles. The standard InChI is InChI=1S/C23H21ClN2O4S/c1-14-9-16(12-17(10-14)23(28)19-5-3-4-6-20(19)24)13-22(27)26-21-8-7-18(11-15(21)2)31(25,29)30/h3-12H,13H2,1-2H3,(H,26,27)(H2,25,29,30). The minimum atomic E-state index is -3.82. The molecule has 0 heterocycles. The maximum atomic E-state index is 12.9. The summed E-state index contributed by atoms with van der Waals surface area (Å²) in [5, 5.41) is 8.27. The second-order valence-corrected chi connectivity index (χ2v) is 9.23. The van der Waals surface area contributed by atoms with Crippen molar-refractivity contribution in [3.63, 3.8) is 0 Å². The maximum Gasteiger partial charge on any atom is 0.238 e. The minimum absolute atomic E-state index is 0.0237. The molecule has 8 heteroatoms. The number of hydrogen-bond acceptors (Lipinski definition) is 4. The van der Waals surface area contributed by atoms with E-state index in [0.717, 1.165) is 5.56 Å². The van der Waals surface area contributed by atoms with Crippen LogP contribution >= 0.6 is 11.6 Å². The molecule has 0 bridgehead atoms. The summed E-state index contributed by atoms with van der Waals surface area (Å²) in [5.74, 6) is -0.515. The van der Waals surface area contributed by atoms with E-state index in [1.807, 2.05) is 13.0 Å². The number of aryl methyl sites for hydroxylation is 2. The Morgan fingerprint density at radius 2 is 1.71 bits per heavy atom. The molecule has 31 heavy (non-hydrogen) atoms. The molecule has 0 aliphatic rings. The smallest absolute Gasteiger partial charge is 0.238 e. The maximum absolute atomic E-state index is 12.9. The summed E-state index contributed by atoms with van der Waals surface area (Å²) in [7, 11) is -3.82. The number of carbonyl (C=O) groups is 2. The molecular formula is C23H21ClN2O4S. The Morgan fingerprint density at radius 3 is 2.35 bits per heavy atom. The summed E-state index contributed by atoms with van der Waals surface area (Å²) in [4.78, 5) is 25.4. The van der Waals surface area contributed by atoms with Crippen molar-refractivity contribution in [3.8, 4) is 0 Å². The van der Waals surface area contributed by atoms with E-state index in [1.165, 1.54) is 18.2 Å². The topological polar surface area (TPSA) is 106 Å². The second-order valence-electron chi connectivity index (χ2n) is 7.26. The quantitative estimate of drug-likeness (QED) is 0.546. The lowest BCUT2D eigenvalue weighted by Gasteiger charge is -2.11. The van der Waals surface area contributed by atoms with Crippen molar-refractivity contribution in [1.82, 2.24) is 0 Å². The van der Waals surface area contributed by atoms with Crippen LogP contribution in [0.15, 0.2) is 65.6 Å². The molecule has 0 fully saturated rings. The van der Waals surface area contributed by atoms with Crippen molar-refractivity contribution in [2.24, 2.45) is 5.14 Å². The SMILES string of the molecule is Cc1cc(CC(=O)Nc2ccc(S(N)(=O)=O)cc2C)cc(C(=O)c2ccccc2Cl)c1. The Hall–Kier alpha value is -3.00. The average molecular weight is 457 g/mol. The van der Waals surface area contributed by atoms with Crippen molar-refractivity contribution < 1.29 is 18.0 Å². The van der Waals surface area contributed by atoms with Crippen LogP contribution in [0.3, 0.4) is 0 Å². The number of benzene rings is 3. The van der Waals surface area contributed by atoms with Crippen LogP contribution in [0, 0.1) is 13.8 Å². The zero-order chi connectivity index (χ0) is 22.8. The molecule has 0 aromatic heterocycles. The van der Waals surface area contributed by atoms with Gasteiger partial charge in [-0.15, -0.1) is 0 Å². The predicted molar refractivity (Wildman–Crippen MR) is 121 cm³/mol. The summed E-state index contributed by atoms with van der Waals surface area (Å²) >= 11 is 6.15. The number of halogens is 1. The lowest BCUT2D eigenvalue weighted by atomic mass is 9.97. The molecule has 3 aromatic rings. The van der Waals surface area contributed by atoms with Gasteiger partial charge in [0.1, 0.15) is 0 Å². The number of nitrogens with one attached hydrogen (secondary N) is 1. The number of nitrogens with two attached hydrogens (primary N) is 1. The van der Waals surface area contributed by atoms with E-state index in [9.17, 15) is 18.0 Å². The number of primary sulfonamides is 1. The van der Waals surface area contributed by atoms with E-state index in [4.69, 9.17) is 16.7 Å². The minimum Gasteiger partial charge on any atom is -0.326 e. The molecule has 3 rings (SSSR count). The number of ketones is 1. The largest absolute Gasteiger partial charge is 0.326 e. The van der Waals surface area contributed by atoms with E-state index in [0.29, 0.717) is 33.0 Å². The van der Waals surface area contributed by atoms with Gasteiger partial charge in [-0.1, -0.05) is 35.4 Å². The first-order valence-electron chi connectivity index (χ1n) is 9.37. The Balaban J connectivity index is 1.80. The lowest BCUT2D eigenvalue weighted by molar-refractivity contribution is -0.115. The lowest BCUT2D eigenvalue weighted by Crippen LogP contribution is -2.17. The van der Waals surface area contributed by atoms with Crippen LogP contribution in [0.1, 0.15) is 32.6 Å². The number of rotatable bonds is 6. The molecular weight excluding hydrogens is 436 g/mol. The first kappa shape index (κ1) is 22.7. The average Bonchev–Trinajstić information content (AvgIpc) is 2.68. The van der Waals surface area contributed by atoms with Crippen LogP contribution in [0.25, 0.3) is 0 Å². The van der Waals surface area contributed by atoms with Crippen LogP contribution in [0.2, 0.25) is 5.02 Å². The summed E-state index contributed by atoms with van der Waals surface area (Å²) in [6.07, 6.45) is 0.0425. The van der Waals surface area contributed by atoms with Crippen LogP contribution < -0.4 is 10.5 Å². The fourth-order valence-corrected chi connectivity index (χ4v) is 4.05. The fraction of sp³-hybridized carbons (Fsp3) is 0.130. The molecule has 0 aliphatic heterocycles. The summed E-state index contributed by atoms with van der Waals surface area (Å²) in [5.41, 5.74) is 3.41. The molecule has 0 radical (unpaired) electrons. The highest BCUT2D eigenvalue weighted by atomic mass is 35.5. The Labute approximate surface area is 186 Å². The molecule has 6 nitrogen and oxygen atoms in total. The summed E-state index contributed by atoms with van der Waals surface area (Å²) in [6, 6.07) is 16.3. The second kappa shape index (κ2) is 9.01. The highest BCUT2D eigenvalue weighted by Crippen LogP contribution is 2.22. The van der Waals surface area contributed by atoms with Gasteiger partial charge in [0, 0.05) is 16.8 Å². The van der Waals surface area contributed by atoms with Gasteiger partial charge in [0.2, 0.25) is 15.9 Å². The number of carbonyl (C=O) groups excluding carboxylic acids is 2. The van der Waals surface area contributed by atoms with Crippen molar-refractivity contribution in [3.05, 3.63) is 93.5 Å². The van der Waals surface area contributed by atoms with E-state index in [-0.39, 0.29) is 23.0 Å². The zero-order valence-corrected chi connectivity index (χ0v) is 18.5. The highest BCUT2D eigenvalue weighted by Gasteiger charge is 2.15. The molecule has 3 aromatic carbocycles. The molecule has 0 aliphatic carbocycles. The summed E-state index contributed by atoms with van der Waals surface area (Å²) < 4.78 is 22.9. The van der Waals surface area contributed by atoms with Crippen LogP contribution in [-0.2, 0) is 21.2 Å². The van der Waals surface area contributed by atoms with Gasteiger partial charge in [0.15, 0.2) is 5.78 Å². The van der Waals surface area contributed by atoms with Crippen LogP contribution in [0.4, 0.5) is 5.69 Å². The number of amides is 1. The van der Waals surface area contributed by atoms with Gasteiger partial charge in [-0.2, -0.15) is 0 Å². The normalized spacial score (nSPS) is 11.2. The molecule has 0 unspecified atom stereocenters. The molecule has 3 N–H and O–H groups in total. The van der Waals surface area contributed by atoms with Gasteiger partial charge < -0.3 is 5.32 Å². The molecule has 0 atom stereocenters.